The van der Waals surface area contributed by atoms with Crippen LogP contribution in [0, 0.1) is 11.3 Å². The van der Waals surface area contributed by atoms with Gasteiger partial charge in [-0.1, -0.05) is 0 Å². The second-order valence-corrected chi connectivity index (χ2v) is 8.36. The summed E-state index contributed by atoms with van der Waals surface area (Å²) in [5.74, 6) is 0.677. The van der Waals surface area contributed by atoms with Crippen molar-refractivity contribution in [1.82, 2.24) is 25.1 Å². The molecule has 0 aromatic carbocycles. The molecule has 0 atom stereocenters. The van der Waals surface area contributed by atoms with Crippen LogP contribution in [0.15, 0.2) is 36.9 Å². The predicted molar refractivity (Wildman–Crippen MR) is 120 cm³/mol. The Bertz CT molecular complexity index is 1340. The van der Waals surface area contributed by atoms with Crippen LogP contribution >= 0.6 is 0 Å². The average Bonchev–Trinajstić information content (AvgIpc) is 3.46. The Morgan fingerprint density at radius 3 is 2.61 bits per heavy atom. The minimum atomic E-state index is 0.0225. The van der Waals surface area contributed by atoms with Gasteiger partial charge in [-0.3, -0.25) is 5.10 Å². The fourth-order valence-electron chi connectivity index (χ4n) is 4.35. The fourth-order valence-corrected chi connectivity index (χ4v) is 4.35. The predicted octanol–water partition coefficient (Wildman–Crippen LogP) is 3.56. The fraction of sp³-hybridized carbons (Fsp3) is 0.333. The molecule has 6 heterocycles. The van der Waals surface area contributed by atoms with E-state index in [-0.39, 0.29) is 6.10 Å². The molecule has 2 saturated heterocycles. The molecule has 9 heteroatoms. The van der Waals surface area contributed by atoms with Gasteiger partial charge in [-0.15, -0.1) is 0 Å². The van der Waals surface area contributed by atoms with Crippen LogP contribution < -0.4 is 4.74 Å². The maximum absolute atomic E-state index is 9.73. The van der Waals surface area contributed by atoms with Crippen LogP contribution in [-0.4, -0.2) is 57.7 Å². The summed E-state index contributed by atoms with van der Waals surface area (Å²) in [6.45, 7) is 2.71. The largest absolute Gasteiger partial charge is 0.473 e. The van der Waals surface area contributed by atoms with Gasteiger partial charge in [0.2, 0.25) is 5.88 Å². The molecule has 0 radical (unpaired) electrons. The van der Waals surface area contributed by atoms with Crippen molar-refractivity contribution in [1.29, 1.82) is 5.26 Å². The molecule has 0 spiro atoms. The topological polar surface area (TPSA) is 122 Å². The molecular weight excluding hydrogens is 420 g/mol. The summed E-state index contributed by atoms with van der Waals surface area (Å²) in [5, 5.41) is 18.1. The summed E-state index contributed by atoms with van der Waals surface area (Å²) in [6, 6.07) is 6.16. The number of nitrogens with one attached hydrogen (secondary N) is 2. The van der Waals surface area contributed by atoms with Gasteiger partial charge in [-0.25, -0.2) is 9.97 Å². The number of aromatic amines is 2. The summed E-state index contributed by atoms with van der Waals surface area (Å²) in [6.07, 6.45) is 9.02. The first-order valence-corrected chi connectivity index (χ1v) is 11.0. The summed E-state index contributed by atoms with van der Waals surface area (Å²) in [5.41, 5.74) is 5.95. The Labute approximate surface area is 189 Å². The van der Waals surface area contributed by atoms with E-state index in [2.05, 4.69) is 37.3 Å². The first kappa shape index (κ1) is 19.9. The second-order valence-electron chi connectivity index (χ2n) is 8.36. The van der Waals surface area contributed by atoms with Crippen molar-refractivity contribution in [3.63, 3.8) is 0 Å². The molecule has 6 rings (SSSR count). The number of hydrogen-bond donors (Lipinski definition) is 2. The van der Waals surface area contributed by atoms with Crippen molar-refractivity contribution in [2.45, 2.75) is 24.9 Å². The van der Waals surface area contributed by atoms with Crippen LogP contribution in [0.2, 0.25) is 0 Å². The normalized spacial score (nSPS) is 17.1. The molecule has 2 aliphatic rings. The van der Waals surface area contributed by atoms with Gasteiger partial charge in [0.05, 0.1) is 38.0 Å². The van der Waals surface area contributed by atoms with Crippen molar-refractivity contribution in [3.8, 4) is 34.2 Å². The number of ether oxygens (including phenoxy) is 3. The van der Waals surface area contributed by atoms with Gasteiger partial charge in [0, 0.05) is 65.3 Å². The van der Waals surface area contributed by atoms with E-state index in [4.69, 9.17) is 14.2 Å². The van der Waals surface area contributed by atoms with Crippen molar-refractivity contribution >= 4 is 11.0 Å². The zero-order valence-corrected chi connectivity index (χ0v) is 17.9. The van der Waals surface area contributed by atoms with Crippen molar-refractivity contribution in [2.24, 2.45) is 0 Å². The molecule has 0 aliphatic carbocycles. The third-order valence-corrected chi connectivity index (χ3v) is 6.27. The lowest BCUT2D eigenvalue weighted by Gasteiger charge is -2.25. The lowest BCUT2D eigenvalue weighted by molar-refractivity contribution is 0.00691. The Balaban J connectivity index is 1.35. The van der Waals surface area contributed by atoms with Crippen LogP contribution in [0.3, 0.4) is 0 Å². The molecule has 33 heavy (non-hydrogen) atoms. The number of H-pyrrole nitrogens is 2. The number of pyridine rings is 2. The molecule has 4 aromatic heterocycles. The quantitative estimate of drug-likeness (QED) is 0.485. The highest BCUT2D eigenvalue weighted by atomic mass is 16.5. The highest BCUT2D eigenvalue weighted by molar-refractivity contribution is 5.96. The Morgan fingerprint density at radius 2 is 1.82 bits per heavy atom. The summed E-state index contributed by atoms with van der Waals surface area (Å²) in [4.78, 5) is 12.3. The van der Waals surface area contributed by atoms with Crippen LogP contribution in [0.5, 0.6) is 5.88 Å². The average molecular weight is 442 g/mol. The van der Waals surface area contributed by atoms with Crippen LogP contribution in [-0.2, 0) is 9.47 Å². The van der Waals surface area contributed by atoms with Gasteiger partial charge in [-0.05, 0) is 12.1 Å². The van der Waals surface area contributed by atoms with Gasteiger partial charge < -0.3 is 19.2 Å². The Hall–Kier alpha value is -3.74. The van der Waals surface area contributed by atoms with E-state index < -0.39 is 0 Å². The maximum atomic E-state index is 9.73. The number of rotatable bonds is 5. The minimum Gasteiger partial charge on any atom is -0.473 e. The van der Waals surface area contributed by atoms with E-state index in [0.717, 1.165) is 51.8 Å². The first-order chi connectivity index (χ1) is 16.3. The molecular formula is C24H22N6O3. The van der Waals surface area contributed by atoms with Gasteiger partial charge >= 0.3 is 0 Å². The first-order valence-electron chi connectivity index (χ1n) is 11.0. The number of aromatic nitrogens is 5. The molecule has 4 aromatic rings. The SMILES string of the molecule is N#Cc1cc(-c2c[nH]c3ncc(-c4c[nH]nc4C4COC4)cc23)cnc1OC1CCOCC1. The Kier molecular flexibility index (Phi) is 5.02. The lowest BCUT2D eigenvalue weighted by Crippen LogP contribution is -2.26. The summed E-state index contributed by atoms with van der Waals surface area (Å²) in [7, 11) is 0. The molecule has 0 saturated carbocycles. The van der Waals surface area contributed by atoms with Crippen molar-refractivity contribution in [3.05, 3.63) is 48.2 Å². The van der Waals surface area contributed by atoms with Gasteiger partial charge in [0.1, 0.15) is 23.4 Å². The van der Waals surface area contributed by atoms with Gasteiger partial charge in [-0.2, -0.15) is 10.4 Å². The third kappa shape index (κ3) is 3.63. The number of hydrogen-bond acceptors (Lipinski definition) is 7. The molecule has 166 valence electrons. The molecule has 2 aliphatic heterocycles. The number of nitriles is 1. The number of fused-ring (bicyclic) bond motifs is 1. The standard InChI is InChI=1S/C24H22N6O3/c25-7-14-5-15(9-28-24(14)33-18-1-3-31-4-2-18)20-10-27-23-19(20)6-16(8-26-23)21-11-29-30-22(21)17-12-32-13-17/h5-6,8-11,17-18H,1-4,12-13H2,(H,26,27)(H,29,30). The minimum absolute atomic E-state index is 0.0225. The van der Waals surface area contributed by atoms with Gasteiger partial charge in [0.25, 0.3) is 0 Å². The molecule has 2 N–H and O–H groups in total. The van der Waals surface area contributed by atoms with Crippen LogP contribution in [0.4, 0.5) is 0 Å². The van der Waals surface area contributed by atoms with Gasteiger partial charge in [0.15, 0.2) is 0 Å². The van der Waals surface area contributed by atoms with Crippen molar-refractivity contribution in [2.75, 3.05) is 26.4 Å². The highest BCUT2D eigenvalue weighted by Gasteiger charge is 2.26. The Morgan fingerprint density at radius 1 is 1.00 bits per heavy atom. The molecule has 0 amide bonds. The summed E-state index contributed by atoms with van der Waals surface area (Å²) >= 11 is 0. The van der Waals surface area contributed by atoms with E-state index in [1.807, 2.05) is 24.7 Å². The van der Waals surface area contributed by atoms with E-state index in [9.17, 15) is 5.26 Å². The molecule has 0 bridgehead atoms. The number of nitrogens with zero attached hydrogens (tertiary/aromatic N) is 4. The van der Waals surface area contributed by atoms with Crippen molar-refractivity contribution < 1.29 is 14.2 Å². The van der Waals surface area contributed by atoms with E-state index >= 15 is 0 Å². The van der Waals surface area contributed by atoms with Crippen LogP contribution in [0.25, 0.3) is 33.3 Å². The van der Waals surface area contributed by atoms with E-state index in [0.29, 0.717) is 43.8 Å². The zero-order chi connectivity index (χ0) is 22.2. The molecule has 9 nitrogen and oxygen atoms in total. The monoisotopic (exact) mass is 442 g/mol. The smallest absolute Gasteiger partial charge is 0.231 e. The second kappa shape index (κ2) is 8.31. The molecule has 2 fully saturated rings. The maximum Gasteiger partial charge on any atom is 0.231 e. The highest BCUT2D eigenvalue weighted by Crippen LogP contribution is 2.35. The third-order valence-electron chi connectivity index (χ3n) is 6.27. The lowest BCUT2D eigenvalue weighted by atomic mass is 9.96. The van der Waals surface area contributed by atoms with E-state index in [1.54, 1.807) is 6.20 Å². The zero-order valence-electron chi connectivity index (χ0n) is 17.9. The van der Waals surface area contributed by atoms with E-state index in [1.165, 1.54) is 0 Å². The summed E-state index contributed by atoms with van der Waals surface area (Å²) < 4.78 is 16.7. The van der Waals surface area contributed by atoms with Crippen LogP contribution in [0.1, 0.15) is 30.0 Å². The molecule has 0 unspecified atom stereocenters.